The maximum absolute atomic E-state index is 13.2. The Morgan fingerprint density at radius 3 is 0.545 bits per heavy atom. The van der Waals surface area contributed by atoms with Crippen LogP contribution in [-0.4, -0.2) is 89.5 Å². The zero-order chi connectivity index (χ0) is 75.0. The van der Waals surface area contributed by atoms with Crippen LogP contribution in [0.3, 0.4) is 0 Å². The average molecular weight is 1410 g/mol. The molecule has 35 nitrogen and oxygen atoms in total. The van der Waals surface area contributed by atoms with Crippen LogP contribution in [-0.2, 0) is 71.9 Å². The summed E-state index contributed by atoms with van der Waals surface area (Å²) in [5, 5.41) is 0. The molecule has 0 atom stereocenters. The summed E-state index contributed by atoms with van der Waals surface area (Å²) in [4.78, 5) is 190. The van der Waals surface area contributed by atoms with E-state index in [1.807, 2.05) is 0 Å². The van der Waals surface area contributed by atoms with Crippen molar-refractivity contribution in [3.63, 3.8) is 0 Å². The Morgan fingerprint density at radius 1 is 0.149 bits per heavy atom. The van der Waals surface area contributed by atoms with Crippen LogP contribution in [0.15, 0.2) is 66.7 Å². The second-order valence-corrected chi connectivity index (χ2v) is 20.0. The topological polar surface area (TPSA) is 441 Å². The Kier molecular flexibility index (Phi) is 25.2. The van der Waals surface area contributed by atoms with E-state index >= 15 is 0 Å². The molecule has 101 heavy (non-hydrogen) atoms. The van der Waals surface area contributed by atoms with Crippen molar-refractivity contribution in [2.45, 2.75) is 104 Å². The van der Waals surface area contributed by atoms with E-state index in [2.05, 4.69) is 0 Å². The molecule has 0 saturated carbocycles. The van der Waals surface area contributed by atoms with E-state index in [1.54, 1.807) is 0 Å². The number of benzene rings is 6. The lowest BCUT2D eigenvalue weighted by atomic mass is 10.2. The standard InChI is InChI=1S/C66H56O35/c1-27(67)82-42-16-49(85-30(4)70)60(50(17-42)86-31(5)71)98-44-20-51(87-32(6)72)61(52(21-44)88-33(7)73)99-45-22-55(91-36(10)76)63(56(23-45)92-37(11)77)101-58-26-57(93-38(12)78)64(95-40(14)80)66(96-41(15)81)65(58)100-46-24-53(89-34(8)74)62(54(25-46)90-35(9)75)97-43-18-47(83-28(2)68)59(94-39(13)79)48(19-43)84-29(3)69/h16-26H,1-15H3. The van der Waals surface area contributed by atoms with Gasteiger partial charge in [0.05, 0.1) is 0 Å². The SMILES string of the molecule is CC(=O)Oc1cc(OC(C)=O)c(Oc2cc(OC(C)=O)c(Oc3cc(OC(C)=O)c(Oc4cc(OC(C)=O)c(OC(C)=O)c(OC(C)=O)c4Oc4cc(OC(C)=O)c(Oc5cc(OC(C)=O)c(OC(C)=O)c(OC(C)=O)c5)c(OC(C)=O)c4)c(OC(C)=O)c3)c(OC(C)=O)c2)c(OC(C)=O)c1. The van der Waals surface area contributed by atoms with Gasteiger partial charge in [-0.2, -0.15) is 0 Å². The maximum Gasteiger partial charge on any atom is 0.308 e. The van der Waals surface area contributed by atoms with Crippen LogP contribution in [0.25, 0.3) is 0 Å². The Labute approximate surface area is 568 Å². The van der Waals surface area contributed by atoms with E-state index in [-0.39, 0.29) is 5.75 Å². The lowest BCUT2D eigenvalue weighted by molar-refractivity contribution is -0.135. The summed E-state index contributed by atoms with van der Waals surface area (Å²) in [6.07, 6.45) is 0. The lowest BCUT2D eigenvalue weighted by Gasteiger charge is -2.23. The van der Waals surface area contributed by atoms with Crippen molar-refractivity contribution in [2.75, 3.05) is 0 Å². The summed E-state index contributed by atoms with van der Waals surface area (Å²) in [7, 11) is 0. The van der Waals surface area contributed by atoms with Gasteiger partial charge in [-0.1, -0.05) is 0 Å². The van der Waals surface area contributed by atoms with E-state index in [0.717, 1.165) is 171 Å². The summed E-state index contributed by atoms with van der Waals surface area (Å²) >= 11 is 0. The van der Waals surface area contributed by atoms with E-state index in [1.165, 1.54) is 0 Å². The van der Waals surface area contributed by atoms with E-state index < -0.39 is 228 Å². The molecule has 0 bridgehead atoms. The van der Waals surface area contributed by atoms with Crippen molar-refractivity contribution in [3.05, 3.63) is 66.7 Å². The monoisotopic (exact) mass is 1410 g/mol. The van der Waals surface area contributed by atoms with E-state index in [9.17, 15) is 71.9 Å². The van der Waals surface area contributed by atoms with Crippen LogP contribution >= 0.6 is 0 Å². The number of ether oxygens (including phenoxy) is 20. The molecule has 0 spiro atoms. The number of rotatable bonds is 25. The highest BCUT2D eigenvalue weighted by Crippen LogP contribution is 2.58. The van der Waals surface area contributed by atoms with Crippen molar-refractivity contribution < 1.29 is 167 Å². The van der Waals surface area contributed by atoms with Crippen LogP contribution in [0.4, 0.5) is 0 Å². The van der Waals surface area contributed by atoms with Crippen molar-refractivity contribution in [1.82, 2.24) is 0 Å². The Bertz CT molecular complexity index is 4270. The van der Waals surface area contributed by atoms with E-state index in [0.29, 0.717) is 0 Å². The molecule has 0 aliphatic carbocycles. The molecule has 0 unspecified atom stereocenters. The highest BCUT2D eigenvalue weighted by atomic mass is 16.6. The molecule has 35 heteroatoms. The minimum Gasteiger partial charge on any atom is -0.449 e. The van der Waals surface area contributed by atoms with E-state index in [4.69, 9.17) is 94.7 Å². The largest absolute Gasteiger partial charge is 0.449 e. The highest BCUT2D eigenvalue weighted by Gasteiger charge is 2.34. The summed E-state index contributed by atoms with van der Waals surface area (Å²) < 4.78 is 112. The van der Waals surface area contributed by atoms with Gasteiger partial charge in [-0.3, -0.25) is 71.9 Å². The van der Waals surface area contributed by atoms with Crippen LogP contribution in [0.2, 0.25) is 0 Å². The van der Waals surface area contributed by atoms with Crippen LogP contribution in [0, 0.1) is 0 Å². The van der Waals surface area contributed by atoms with Crippen LogP contribution in [0.5, 0.6) is 144 Å². The summed E-state index contributed by atoms with van der Waals surface area (Å²) in [6.45, 7) is 14.0. The van der Waals surface area contributed by atoms with Gasteiger partial charge in [0.1, 0.15) is 28.7 Å². The first-order valence-corrected chi connectivity index (χ1v) is 28.6. The van der Waals surface area contributed by atoms with Gasteiger partial charge in [0.2, 0.25) is 46.0 Å². The molecule has 0 saturated heterocycles. The molecule has 0 amide bonds. The van der Waals surface area contributed by atoms with Crippen LogP contribution in [0.1, 0.15) is 104 Å². The first-order chi connectivity index (χ1) is 47.3. The minimum atomic E-state index is -1.22. The molecule has 530 valence electrons. The normalized spacial score (nSPS) is 10.3. The zero-order valence-corrected chi connectivity index (χ0v) is 55.6. The number of carbonyl (C=O) groups is 15. The second kappa shape index (κ2) is 33.4. The Morgan fingerprint density at radius 2 is 0.317 bits per heavy atom. The third-order valence-electron chi connectivity index (χ3n) is 11.0. The van der Waals surface area contributed by atoms with Gasteiger partial charge in [0, 0.05) is 171 Å². The molecule has 6 aromatic rings. The fourth-order valence-electron chi connectivity index (χ4n) is 8.22. The maximum atomic E-state index is 13.2. The van der Waals surface area contributed by atoms with Crippen molar-refractivity contribution in [3.8, 4) is 144 Å². The van der Waals surface area contributed by atoms with Gasteiger partial charge >= 0.3 is 89.5 Å². The molecule has 0 heterocycles. The molecule has 0 aromatic heterocycles. The third-order valence-corrected chi connectivity index (χ3v) is 11.0. The van der Waals surface area contributed by atoms with Gasteiger partial charge < -0.3 is 94.7 Å². The third kappa shape index (κ3) is 22.2. The first-order valence-electron chi connectivity index (χ1n) is 28.6. The van der Waals surface area contributed by atoms with Crippen LogP contribution < -0.4 is 94.7 Å². The Hall–Kier alpha value is -13.6. The van der Waals surface area contributed by atoms with Crippen molar-refractivity contribution >= 4 is 89.5 Å². The number of hydrogen-bond donors (Lipinski definition) is 0. The quantitative estimate of drug-likeness (QED) is 0.0380. The van der Waals surface area contributed by atoms with Gasteiger partial charge in [-0.05, 0) is 0 Å². The molecule has 6 rings (SSSR count). The molecular formula is C66H56O35. The second-order valence-electron chi connectivity index (χ2n) is 20.0. The molecule has 0 radical (unpaired) electrons. The number of carbonyl (C=O) groups excluding carboxylic acids is 15. The fourth-order valence-corrected chi connectivity index (χ4v) is 8.22. The van der Waals surface area contributed by atoms with Gasteiger partial charge in [0.25, 0.3) is 0 Å². The van der Waals surface area contributed by atoms with Gasteiger partial charge in [-0.25, -0.2) is 0 Å². The summed E-state index contributed by atoms with van der Waals surface area (Å²) in [6, 6.07) is 10.0. The first kappa shape index (κ1) is 76.4. The highest BCUT2D eigenvalue weighted by molar-refractivity contribution is 5.85. The van der Waals surface area contributed by atoms with Crippen molar-refractivity contribution in [1.29, 1.82) is 0 Å². The summed E-state index contributed by atoms with van der Waals surface area (Å²) in [5.41, 5.74) is 0. The number of hydrogen-bond acceptors (Lipinski definition) is 35. The fraction of sp³-hybridized carbons (Fsp3) is 0.227. The lowest BCUT2D eigenvalue weighted by Crippen LogP contribution is -2.12. The molecule has 0 fully saturated rings. The predicted octanol–water partition coefficient (Wildman–Crippen LogP) is 9.53. The smallest absolute Gasteiger partial charge is 0.308 e. The van der Waals surface area contributed by atoms with Crippen molar-refractivity contribution in [2.24, 2.45) is 0 Å². The Balaban J connectivity index is 1.66. The summed E-state index contributed by atoms with van der Waals surface area (Å²) in [5.74, 6) is -32.7. The molecule has 0 aliphatic rings. The van der Waals surface area contributed by atoms with Gasteiger partial charge in [0.15, 0.2) is 69.0 Å². The predicted molar refractivity (Wildman–Crippen MR) is 329 cm³/mol. The molecule has 6 aromatic carbocycles. The zero-order valence-electron chi connectivity index (χ0n) is 55.6. The molecule has 0 N–H and O–H groups in total. The number of esters is 15. The molecule has 0 aliphatic heterocycles. The average Bonchev–Trinajstić information content (AvgIpc) is 0.775. The van der Waals surface area contributed by atoms with Gasteiger partial charge in [-0.15, -0.1) is 0 Å². The molecular weight excluding hydrogens is 1350 g/mol. The minimum absolute atomic E-state index is 0.296.